The number of piperidine rings is 1. The predicted octanol–water partition coefficient (Wildman–Crippen LogP) is 3.64. The molecule has 1 fully saturated rings. The average Bonchev–Trinajstić information content (AvgIpc) is 2.66. The molecule has 0 aromatic carbocycles. The Morgan fingerprint density at radius 2 is 2.11 bits per heavy atom. The van der Waals surface area contributed by atoms with Crippen LogP contribution in [0, 0.1) is 6.92 Å². The summed E-state index contributed by atoms with van der Waals surface area (Å²) in [7, 11) is 0. The van der Waals surface area contributed by atoms with Crippen LogP contribution in [-0.4, -0.2) is 32.4 Å². The van der Waals surface area contributed by atoms with E-state index in [1.54, 1.807) is 11.1 Å². The second-order valence-electron chi connectivity index (χ2n) is 6.43. The minimum atomic E-state index is -4.55. The Hall–Kier alpha value is -2.71. The molecule has 2 aromatic heterocycles. The van der Waals surface area contributed by atoms with E-state index in [0.717, 1.165) is 31.0 Å². The van der Waals surface area contributed by atoms with Crippen molar-refractivity contribution in [3.05, 3.63) is 53.4 Å². The van der Waals surface area contributed by atoms with E-state index in [-0.39, 0.29) is 30.1 Å². The molecule has 0 radical (unpaired) electrons. The fraction of sp³-hybridized carbons (Fsp3) is 0.444. The summed E-state index contributed by atoms with van der Waals surface area (Å²) in [6.45, 7) is 1.86. The van der Waals surface area contributed by atoms with Gasteiger partial charge in [-0.1, -0.05) is 6.07 Å². The first-order chi connectivity index (χ1) is 12.8. The number of carbonyl (C=O) groups is 1. The van der Waals surface area contributed by atoms with E-state index in [1.165, 1.54) is 6.92 Å². The minimum Gasteiger partial charge on any atom is -0.331 e. The maximum absolute atomic E-state index is 12.9. The molecule has 2 aromatic rings. The highest BCUT2D eigenvalue weighted by Crippen LogP contribution is 2.30. The van der Waals surface area contributed by atoms with Gasteiger partial charge in [0, 0.05) is 18.4 Å². The van der Waals surface area contributed by atoms with Crippen LogP contribution in [-0.2, 0) is 12.7 Å². The third-order valence-electron chi connectivity index (χ3n) is 4.38. The molecular weight excluding hydrogens is 359 g/mol. The largest absolute Gasteiger partial charge is 0.433 e. The molecule has 9 heteroatoms. The van der Waals surface area contributed by atoms with Crippen molar-refractivity contribution in [2.45, 2.75) is 44.9 Å². The van der Waals surface area contributed by atoms with Crippen LogP contribution in [0.15, 0.2) is 30.5 Å². The van der Waals surface area contributed by atoms with Crippen molar-refractivity contribution in [3.8, 4) is 0 Å². The number of likely N-dealkylation sites (tertiary alicyclic amines) is 1. The number of hydrogen-bond donors (Lipinski definition) is 1. The highest BCUT2D eigenvalue weighted by molar-refractivity contribution is 5.74. The van der Waals surface area contributed by atoms with E-state index >= 15 is 0 Å². The van der Waals surface area contributed by atoms with Crippen LogP contribution in [0.25, 0.3) is 0 Å². The minimum absolute atomic E-state index is 0.0675. The van der Waals surface area contributed by atoms with Gasteiger partial charge in [-0.15, -0.1) is 0 Å². The van der Waals surface area contributed by atoms with E-state index < -0.39 is 11.9 Å². The normalized spacial score (nSPS) is 17.6. The molecule has 1 aliphatic heterocycles. The van der Waals surface area contributed by atoms with Crippen molar-refractivity contribution in [2.75, 3.05) is 6.54 Å². The smallest absolute Gasteiger partial charge is 0.331 e. The van der Waals surface area contributed by atoms with Gasteiger partial charge in [-0.3, -0.25) is 4.98 Å². The molecular formula is C18H20F3N5O. The lowest BCUT2D eigenvalue weighted by atomic mass is 9.99. The van der Waals surface area contributed by atoms with Crippen LogP contribution >= 0.6 is 0 Å². The zero-order valence-electron chi connectivity index (χ0n) is 14.8. The molecule has 0 bridgehead atoms. The van der Waals surface area contributed by atoms with E-state index in [2.05, 4.69) is 20.3 Å². The number of aromatic nitrogens is 3. The van der Waals surface area contributed by atoms with Gasteiger partial charge in [0.25, 0.3) is 0 Å². The number of urea groups is 1. The van der Waals surface area contributed by atoms with Crippen molar-refractivity contribution < 1.29 is 18.0 Å². The molecule has 0 spiro atoms. The number of aryl methyl sites for hydroxylation is 1. The maximum Gasteiger partial charge on any atom is 0.433 e. The third-order valence-corrected chi connectivity index (χ3v) is 4.38. The van der Waals surface area contributed by atoms with Crippen LogP contribution in [0.3, 0.4) is 0 Å². The molecule has 144 valence electrons. The van der Waals surface area contributed by atoms with Crippen LogP contribution in [0.5, 0.6) is 0 Å². The summed E-state index contributed by atoms with van der Waals surface area (Å²) >= 11 is 0. The lowest BCUT2D eigenvalue weighted by Gasteiger charge is -2.35. The van der Waals surface area contributed by atoms with Crippen molar-refractivity contribution in [1.29, 1.82) is 0 Å². The Morgan fingerprint density at radius 1 is 1.30 bits per heavy atom. The summed E-state index contributed by atoms with van der Waals surface area (Å²) in [5, 5.41) is 2.64. The van der Waals surface area contributed by atoms with Gasteiger partial charge in [0.05, 0.1) is 18.3 Å². The van der Waals surface area contributed by atoms with Crippen molar-refractivity contribution >= 4 is 6.03 Å². The van der Waals surface area contributed by atoms with Crippen LogP contribution in [0.1, 0.15) is 48.2 Å². The van der Waals surface area contributed by atoms with Crippen LogP contribution < -0.4 is 5.32 Å². The Kier molecular flexibility index (Phi) is 5.57. The zero-order valence-corrected chi connectivity index (χ0v) is 14.8. The number of halogens is 3. The topological polar surface area (TPSA) is 71.0 Å². The second kappa shape index (κ2) is 7.89. The number of carbonyl (C=O) groups excluding carboxylic acids is 1. The van der Waals surface area contributed by atoms with E-state index in [4.69, 9.17) is 0 Å². The first-order valence-corrected chi connectivity index (χ1v) is 8.72. The molecule has 1 N–H and O–H groups in total. The van der Waals surface area contributed by atoms with Gasteiger partial charge >= 0.3 is 12.2 Å². The Bertz CT molecular complexity index is 797. The molecule has 3 heterocycles. The molecule has 6 nitrogen and oxygen atoms in total. The van der Waals surface area contributed by atoms with Gasteiger partial charge in [-0.2, -0.15) is 13.2 Å². The molecule has 1 aliphatic rings. The standard InChI is InChI=1S/C18H20F3N5O/c1-12-10-15(18(19,20)21)25-16(24-12)11-23-17(27)26-9-5-3-7-14(26)13-6-2-4-8-22-13/h2,4,6,8,10,14H,3,5,7,9,11H2,1H3,(H,23,27)/t14-/m1/s1. The highest BCUT2D eigenvalue weighted by atomic mass is 19.4. The van der Waals surface area contributed by atoms with E-state index in [0.29, 0.717) is 6.54 Å². The summed E-state index contributed by atoms with van der Waals surface area (Å²) in [5.41, 5.74) is -0.00648. The van der Waals surface area contributed by atoms with Gasteiger partial charge in [-0.05, 0) is 44.4 Å². The second-order valence-corrected chi connectivity index (χ2v) is 6.43. The van der Waals surface area contributed by atoms with Gasteiger partial charge in [0.1, 0.15) is 11.5 Å². The molecule has 27 heavy (non-hydrogen) atoms. The van der Waals surface area contributed by atoms with Gasteiger partial charge in [-0.25, -0.2) is 14.8 Å². The number of nitrogens with zero attached hydrogens (tertiary/aromatic N) is 4. The summed E-state index contributed by atoms with van der Waals surface area (Å²) in [5.74, 6) is -0.0675. The van der Waals surface area contributed by atoms with Crippen LogP contribution in [0.4, 0.5) is 18.0 Å². The Morgan fingerprint density at radius 3 is 2.81 bits per heavy atom. The van der Waals surface area contributed by atoms with Gasteiger partial charge in [0.2, 0.25) is 0 Å². The SMILES string of the molecule is Cc1cc(C(F)(F)F)nc(CNC(=O)N2CCCC[C@@H]2c2ccccn2)n1. The predicted molar refractivity (Wildman–Crippen MR) is 91.5 cm³/mol. The maximum atomic E-state index is 12.9. The first-order valence-electron chi connectivity index (χ1n) is 8.72. The summed E-state index contributed by atoms with van der Waals surface area (Å²) in [6.07, 6.45) is -0.219. The van der Waals surface area contributed by atoms with Crippen LogP contribution in [0.2, 0.25) is 0 Å². The fourth-order valence-corrected chi connectivity index (χ4v) is 3.17. The molecule has 0 saturated carbocycles. The molecule has 2 amide bonds. The zero-order chi connectivity index (χ0) is 19.4. The highest BCUT2D eigenvalue weighted by Gasteiger charge is 2.33. The third kappa shape index (κ3) is 4.72. The Balaban J connectivity index is 1.70. The number of nitrogens with one attached hydrogen (secondary N) is 1. The number of hydrogen-bond acceptors (Lipinski definition) is 4. The number of pyridine rings is 1. The van der Waals surface area contributed by atoms with Crippen molar-refractivity contribution in [1.82, 2.24) is 25.2 Å². The molecule has 1 saturated heterocycles. The van der Waals surface area contributed by atoms with Crippen molar-refractivity contribution in [2.24, 2.45) is 0 Å². The molecule has 1 atom stereocenters. The Labute approximate surface area is 154 Å². The number of alkyl halides is 3. The molecule has 0 unspecified atom stereocenters. The first kappa shape index (κ1) is 19.1. The summed E-state index contributed by atoms with van der Waals surface area (Å²) in [6, 6.07) is 5.92. The van der Waals surface area contributed by atoms with E-state index in [1.807, 2.05) is 18.2 Å². The van der Waals surface area contributed by atoms with E-state index in [9.17, 15) is 18.0 Å². The number of rotatable bonds is 3. The quantitative estimate of drug-likeness (QED) is 0.884. The van der Waals surface area contributed by atoms with Gasteiger partial charge < -0.3 is 10.2 Å². The molecule has 3 rings (SSSR count). The van der Waals surface area contributed by atoms with Gasteiger partial charge in [0.15, 0.2) is 0 Å². The number of amides is 2. The molecule has 0 aliphatic carbocycles. The summed E-state index contributed by atoms with van der Waals surface area (Å²) in [4.78, 5) is 26.1. The van der Waals surface area contributed by atoms with Crippen molar-refractivity contribution in [3.63, 3.8) is 0 Å². The average molecular weight is 379 g/mol. The summed E-state index contributed by atoms with van der Waals surface area (Å²) < 4.78 is 38.7. The lowest BCUT2D eigenvalue weighted by Crippen LogP contribution is -2.44. The lowest BCUT2D eigenvalue weighted by molar-refractivity contribution is -0.141. The fourth-order valence-electron chi connectivity index (χ4n) is 3.17. The monoisotopic (exact) mass is 379 g/mol.